The van der Waals surface area contributed by atoms with Crippen molar-refractivity contribution < 1.29 is 22.4 Å². The van der Waals surface area contributed by atoms with E-state index in [0.29, 0.717) is 44.3 Å². The quantitative estimate of drug-likeness (QED) is 0.330. The number of rotatable bonds is 9. The first-order valence-corrected chi connectivity index (χ1v) is 12.9. The van der Waals surface area contributed by atoms with Gasteiger partial charge in [0.25, 0.3) is 0 Å². The first kappa shape index (κ1) is 27.1. The SMILES string of the molecule is C=C(Oc1cc2oc(=O)c(Cc3cccc(NS(=O)(=O)CC(=O)N(C)C)c3)c(C)c2cc1Cl)N(C)C. The molecule has 0 spiro atoms. The van der Waals surface area contributed by atoms with E-state index in [1.807, 2.05) is 0 Å². The van der Waals surface area contributed by atoms with Crippen LogP contribution in [0.2, 0.25) is 5.02 Å². The molecule has 1 aromatic heterocycles. The van der Waals surface area contributed by atoms with Gasteiger partial charge in [-0.2, -0.15) is 0 Å². The number of ether oxygens (including phenoxy) is 1. The van der Waals surface area contributed by atoms with Gasteiger partial charge in [0, 0.05) is 57.3 Å². The van der Waals surface area contributed by atoms with E-state index in [1.54, 1.807) is 62.3 Å². The van der Waals surface area contributed by atoms with Crippen LogP contribution in [0.1, 0.15) is 16.7 Å². The number of aryl methyl sites for hydroxylation is 1. The topological polar surface area (TPSA) is 109 Å². The van der Waals surface area contributed by atoms with Gasteiger partial charge in [0.15, 0.2) is 11.6 Å². The van der Waals surface area contributed by atoms with Gasteiger partial charge in [0.05, 0.1) is 5.02 Å². The molecule has 2 aromatic carbocycles. The predicted molar refractivity (Wildman–Crippen MR) is 141 cm³/mol. The van der Waals surface area contributed by atoms with Crippen LogP contribution in [-0.4, -0.2) is 58.1 Å². The molecule has 1 N–H and O–H groups in total. The molecule has 0 radical (unpaired) electrons. The van der Waals surface area contributed by atoms with Crippen molar-refractivity contribution in [1.82, 2.24) is 9.80 Å². The average molecular weight is 534 g/mol. The minimum atomic E-state index is -3.89. The zero-order chi connectivity index (χ0) is 26.8. The predicted octanol–water partition coefficient (Wildman–Crippen LogP) is 3.59. The fourth-order valence-electron chi connectivity index (χ4n) is 3.35. The van der Waals surface area contributed by atoms with Gasteiger partial charge in [0.2, 0.25) is 15.9 Å². The second-order valence-electron chi connectivity index (χ2n) is 8.69. The van der Waals surface area contributed by atoms with E-state index in [4.69, 9.17) is 20.8 Å². The summed E-state index contributed by atoms with van der Waals surface area (Å²) in [6.07, 6.45) is 0.198. The first-order chi connectivity index (χ1) is 16.8. The Kier molecular flexibility index (Phi) is 8.00. The molecular formula is C25H28ClN3O6S. The lowest BCUT2D eigenvalue weighted by atomic mass is 9.99. The Hall–Kier alpha value is -3.50. The Morgan fingerprint density at radius 2 is 1.83 bits per heavy atom. The number of nitrogens with zero attached hydrogens (tertiary/aromatic N) is 2. The Labute approximate surface area is 215 Å². The summed E-state index contributed by atoms with van der Waals surface area (Å²) in [6, 6.07) is 9.83. The fraction of sp³-hybridized carbons (Fsp3) is 0.280. The normalized spacial score (nSPS) is 11.3. The van der Waals surface area contributed by atoms with Crippen LogP contribution in [-0.2, 0) is 21.2 Å². The molecule has 0 atom stereocenters. The molecule has 0 saturated carbocycles. The molecule has 0 aliphatic rings. The van der Waals surface area contributed by atoms with Gasteiger partial charge in [0.1, 0.15) is 11.3 Å². The molecule has 3 aromatic rings. The molecule has 36 heavy (non-hydrogen) atoms. The highest BCUT2D eigenvalue weighted by Crippen LogP contribution is 2.33. The van der Waals surface area contributed by atoms with Gasteiger partial charge < -0.3 is 19.0 Å². The minimum absolute atomic E-state index is 0.198. The Balaban J connectivity index is 1.91. The molecule has 3 rings (SSSR count). The van der Waals surface area contributed by atoms with Crippen molar-refractivity contribution in [2.75, 3.05) is 38.7 Å². The fourth-order valence-corrected chi connectivity index (χ4v) is 4.69. The average Bonchev–Trinajstić information content (AvgIpc) is 2.77. The Morgan fingerprint density at radius 3 is 2.47 bits per heavy atom. The van der Waals surface area contributed by atoms with Crippen molar-refractivity contribution in [3.05, 3.63) is 81.0 Å². The number of fused-ring (bicyclic) bond motifs is 1. The van der Waals surface area contributed by atoms with Crippen LogP contribution in [0.25, 0.3) is 11.0 Å². The molecule has 0 unspecified atom stereocenters. The van der Waals surface area contributed by atoms with Gasteiger partial charge in [-0.15, -0.1) is 0 Å². The van der Waals surface area contributed by atoms with Crippen LogP contribution in [0.5, 0.6) is 5.75 Å². The third kappa shape index (κ3) is 6.38. The summed E-state index contributed by atoms with van der Waals surface area (Å²) in [6.45, 7) is 5.60. The molecule has 0 fully saturated rings. The van der Waals surface area contributed by atoms with Gasteiger partial charge in [-0.1, -0.05) is 23.7 Å². The lowest BCUT2D eigenvalue weighted by Crippen LogP contribution is -2.32. The monoisotopic (exact) mass is 533 g/mol. The number of hydrogen-bond acceptors (Lipinski definition) is 7. The molecular weight excluding hydrogens is 506 g/mol. The zero-order valence-corrected chi connectivity index (χ0v) is 22.3. The van der Waals surface area contributed by atoms with Crippen LogP contribution in [0.15, 0.2) is 58.1 Å². The molecule has 0 aliphatic carbocycles. The molecule has 0 aliphatic heterocycles. The van der Waals surface area contributed by atoms with Crippen molar-refractivity contribution in [1.29, 1.82) is 0 Å². The third-order valence-corrected chi connectivity index (χ3v) is 6.93. The Morgan fingerprint density at radius 1 is 1.14 bits per heavy atom. The summed E-state index contributed by atoms with van der Waals surface area (Å²) in [5.41, 5.74) is 1.85. The second kappa shape index (κ2) is 10.6. The summed E-state index contributed by atoms with van der Waals surface area (Å²) in [4.78, 5) is 27.6. The number of carbonyl (C=O) groups excluding carboxylic acids is 1. The zero-order valence-electron chi connectivity index (χ0n) is 20.7. The molecule has 1 heterocycles. The van der Waals surface area contributed by atoms with Crippen LogP contribution in [0.4, 0.5) is 5.69 Å². The van der Waals surface area contributed by atoms with E-state index >= 15 is 0 Å². The maximum atomic E-state index is 12.9. The van der Waals surface area contributed by atoms with Crippen LogP contribution >= 0.6 is 11.6 Å². The van der Waals surface area contributed by atoms with Crippen LogP contribution in [0, 0.1) is 6.92 Å². The number of anilines is 1. The summed E-state index contributed by atoms with van der Waals surface area (Å²) in [7, 11) is 2.62. The number of nitrogens with one attached hydrogen (secondary N) is 1. The van der Waals surface area contributed by atoms with Gasteiger partial charge >= 0.3 is 5.63 Å². The highest BCUT2D eigenvalue weighted by atomic mass is 35.5. The number of hydrogen-bond donors (Lipinski definition) is 1. The van der Waals surface area contributed by atoms with E-state index in [1.165, 1.54) is 19.0 Å². The minimum Gasteiger partial charge on any atom is -0.440 e. The van der Waals surface area contributed by atoms with Gasteiger partial charge in [-0.25, -0.2) is 13.2 Å². The van der Waals surface area contributed by atoms with Crippen molar-refractivity contribution in [2.45, 2.75) is 13.3 Å². The smallest absolute Gasteiger partial charge is 0.340 e. The van der Waals surface area contributed by atoms with Crippen molar-refractivity contribution in [3.8, 4) is 5.75 Å². The van der Waals surface area contributed by atoms with Crippen LogP contribution < -0.4 is 15.1 Å². The van der Waals surface area contributed by atoms with Gasteiger partial charge in [-0.05, 0) is 42.8 Å². The number of halogens is 1. The molecule has 0 saturated heterocycles. The van der Waals surface area contributed by atoms with E-state index in [9.17, 15) is 18.0 Å². The lowest BCUT2D eigenvalue weighted by molar-refractivity contribution is -0.125. The van der Waals surface area contributed by atoms with E-state index in [0.717, 1.165) is 0 Å². The maximum Gasteiger partial charge on any atom is 0.340 e. The van der Waals surface area contributed by atoms with Gasteiger partial charge in [-0.3, -0.25) is 9.52 Å². The number of sulfonamides is 1. The molecule has 192 valence electrons. The maximum absolute atomic E-state index is 12.9. The summed E-state index contributed by atoms with van der Waals surface area (Å²) in [5.74, 6) is -0.535. The van der Waals surface area contributed by atoms with Crippen molar-refractivity contribution in [3.63, 3.8) is 0 Å². The second-order valence-corrected chi connectivity index (χ2v) is 10.8. The van der Waals surface area contributed by atoms with E-state index in [2.05, 4.69) is 11.3 Å². The largest absolute Gasteiger partial charge is 0.440 e. The summed E-state index contributed by atoms with van der Waals surface area (Å²) in [5, 5.41) is 0.980. The number of amides is 1. The molecule has 0 bridgehead atoms. The van der Waals surface area contributed by atoms with Crippen molar-refractivity contribution in [2.24, 2.45) is 0 Å². The Bertz CT molecular complexity index is 1500. The third-order valence-electron chi connectivity index (χ3n) is 5.46. The summed E-state index contributed by atoms with van der Waals surface area (Å²) < 4.78 is 38.3. The van der Waals surface area contributed by atoms with E-state index in [-0.39, 0.29) is 12.1 Å². The first-order valence-electron chi connectivity index (χ1n) is 10.9. The highest BCUT2D eigenvalue weighted by Gasteiger charge is 2.19. The lowest BCUT2D eigenvalue weighted by Gasteiger charge is -2.17. The van der Waals surface area contributed by atoms with Crippen molar-refractivity contribution >= 4 is 44.2 Å². The standard InChI is InChI=1S/C25H28ClN3O6S/c1-15-19-12-21(26)23(34-16(2)28(3)4)13-22(19)35-25(31)20(15)11-17-8-7-9-18(10-17)27-36(32,33)14-24(30)29(5)6/h7-10,12-13,27H,2,11,14H2,1,3-6H3. The van der Waals surface area contributed by atoms with E-state index < -0.39 is 27.3 Å². The molecule has 1 amide bonds. The number of carbonyl (C=O) groups is 1. The number of benzene rings is 2. The van der Waals surface area contributed by atoms with Crippen LogP contribution in [0.3, 0.4) is 0 Å². The molecule has 11 heteroatoms. The highest BCUT2D eigenvalue weighted by molar-refractivity contribution is 7.93. The summed E-state index contributed by atoms with van der Waals surface area (Å²) >= 11 is 6.42. The molecule has 9 nitrogen and oxygen atoms in total.